The average molecular weight is 505 g/mol. The first kappa shape index (κ1) is 26.2. The molecule has 0 spiro atoms. The summed E-state index contributed by atoms with van der Waals surface area (Å²) in [5.41, 5.74) is 4.62. The Morgan fingerprint density at radius 1 is 1.14 bits per heavy atom. The molecule has 0 unspecified atom stereocenters. The Labute approximate surface area is 220 Å². The molecule has 37 heavy (non-hydrogen) atoms. The smallest absolute Gasteiger partial charge is 0.455 e. The van der Waals surface area contributed by atoms with Crippen molar-refractivity contribution < 1.29 is 24.4 Å². The van der Waals surface area contributed by atoms with Crippen molar-refractivity contribution in [2.75, 3.05) is 0 Å². The Morgan fingerprint density at radius 2 is 1.92 bits per heavy atom. The Morgan fingerprint density at radius 3 is 2.62 bits per heavy atom. The van der Waals surface area contributed by atoms with Crippen molar-refractivity contribution in [2.45, 2.75) is 96.5 Å². The Hall–Kier alpha value is -2.38. The van der Waals surface area contributed by atoms with Crippen LogP contribution in [0.15, 0.2) is 41.0 Å². The van der Waals surface area contributed by atoms with Gasteiger partial charge in [0.25, 0.3) is 0 Å². The number of hydrogen-bond acceptors (Lipinski definition) is 5. The predicted molar refractivity (Wildman–Crippen MR) is 144 cm³/mol. The van der Waals surface area contributed by atoms with Gasteiger partial charge in [0, 0.05) is 6.04 Å². The van der Waals surface area contributed by atoms with Gasteiger partial charge in [0.2, 0.25) is 11.8 Å². The molecule has 4 atom stereocenters. The second kappa shape index (κ2) is 11.2. The fourth-order valence-corrected chi connectivity index (χ4v) is 7.34. The third-order valence-electron chi connectivity index (χ3n) is 9.13. The van der Waals surface area contributed by atoms with Gasteiger partial charge in [0.1, 0.15) is 5.75 Å². The molecule has 2 saturated heterocycles. The maximum absolute atomic E-state index is 13.8. The molecule has 3 fully saturated rings. The molecule has 0 aromatic heterocycles. The first-order valence-electron chi connectivity index (χ1n) is 14.3. The number of amides is 2. The van der Waals surface area contributed by atoms with Crippen LogP contribution in [0, 0.1) is 17.8 Å². The summed E-state index contributed by atoms with van der Waals surface area (Å²) in [5.74, 6) is -0.529. The lowest BCUT2D eigenvalue weighted by Crippen LogP contribution is -2.46. The van der Waals surface area contributed by atoms with E-state index >= 15 is 0 Å². The van der Waals surface area contributed by atoms with Gasteiger partial charge in [-0.3, -0.25) is 14.5 Å². The molecule has 1 saturated carbocycles. The third kappa shape index (κ3) is 5.17. The summed E-state index contributed by atoms with van der Waals surface area (Å²) >= 11 is 0. The van der Waals surface area contributed by atoms with Crippen molar-refractivity contribution in [3.8, 4) is 5.75 Å². The molecule has 1 aromatic rings. The van der Waals surface area contributed by atoms with Gasteiger partial charge >= 0.3 is 7.12 Å². The van der Waals surface area contributed by atoms with Crippen molar-refractivity contribution in [2.24, 2.45) is 17.8 Å². The lowest BCUT2D eigenvalue weighted by atomic mass is 9.58. The van der Waals surface area contributed by atoms with E-state index in [1.807, 2.05) is 12.1 Å². The van der Waals surface area contributed by atoms with E-state index in [1.54, 1.807) is 17.0 Å². The molecule has 5 rings (SSSR count). The normalized spacial score (nSPS) is 29.1. The van der Waals surface area contributed by atoms with Crippen LogP contribution in [0.1, 0.15) is 83.6 Å². The number of likely N-dealkylation sites (tertiary alicyclic amines) is 1. The molecule has 2 amide bonds. The number of nitrogens with zero attached hydrogens (tertiary/aromatic N) is 1. The van der Waals surface area contributed by atoms with E-state index in [1.165, 1.54) is 23.1 Å². The maximum atomic E-state index is 13.8. The molecule has 0 radical (unpaired) electrons. The zero-order valence-electron chi connectivity index (χ0n) is 22.2. The van der Waals surface area contributed by atoms with Gasteiger partial charge in [0.05, 0.1) is 17.9 Å². The van der Waals surface area contributed by atoms with Crippen molar-refractivity contribution in [3.05, 3.63) is 46.5 Å². The van der Waals surface area contributed by atoms with Crippen LogP contribution in [0.5, 0.6) is 5.75 Å². The van der Waals surface area contributed by atoms with Crippen LogP contribution >= 0.6 is 0 Å². The van der Waals surface area contributed by atoms with E-state index in [2.05, 4.69) is 19.9 Å². The number of aromatic hydroxyl groups is 1. The SMILES string of the molecule is CCC1=C2[C@@H](CC/C(=C/c3cccc(O)c3)CC)OB(O)C[C@@H]2[C@@H]2C(=O)N(C3CCCCC3)C(=O)[C@@H]2C1. The number of benzene rings is 1. The monoisotopic (exact) mass is 505 g/mol. The van der Waals surface area contributed by atoms with E-state index in [9.17, 15) is 19.7 Å². The zero-order valence-corrected chi connectivity index (χ0v) is 22.2. The largest absolute Gasteiger partial charge is 0.508 e. The molecule has 6 nitrogen and oxygen atoms in total. The highest BCUT2D eigenvalue weighted by Gasteiger charge is 2.58. The van der Waals surface area contributed by atoms with Crippen LogP contribution in [0.25, 0.3) is 6.08 Å². The summed E-state index contributed by atoms with van der Waals surface area (Å²) < 4.78 is 6.13. The van der Waals surface area contributed by atoms with Gasteiger partial charge in [-0.2, -0.15) is 0 Å². The summed E-state index contributed by atoms with van der Waals surface area (Å²) in [6, 6.07) is 7.29. The number of allylic oxidation sites excluding steroid dienone is 2. The standard InChI is InChI=1S/C30H40BNO5/c1-3-19(15-20-9-8-12-23(33)16-20)13-14-26-27-21(4-2)17-24-28(25(27)18-31(36)37-26)30(35)32(29(24)34)22-10-6-5-7-11-22/h8-9,12,15-16,22,24-26,28,33,36H,3-7,10-11,13-14,17-18H2,1-2H3/b19-15+/t24-,25+,26-,28-/m1/s1. The number of hydrogen-bond donors (Lipinski definition) is 2. The number of carbonyl (C=O) groups excluding carboxylic acids is 2. The summed E-state index contributed by atoms with van der Waals surface area (Å²) in [6.07, 6.45) is 11.3. The van der Waals surface area contributed by atoms with E-state index in [4.69, 9.17) is 4.65 Å². The zero-order chi connectivity index (χ0) is 26.1. The summed E-state index contributed by atoms with van der Waals surface area (Å²) in [7, 11) is -0.928. The predicted octanol–water partition coefficient (Wildman–Crippen LogP) is 5.51. The molecule has 7 heteroatoms. The van der Waals surface area contributed by atoms with E-state index in [0.29, 0.717) is 12.7 Å². The Kier molecular flexibility index (Phi) is 7.92. The van der Waals surface area contributed by atoms with Crippen molar-refractivity contribution in [1.82, 2.24) is 4.90 Å². The van der Waals surface area contributed by atoms with E-state index in [-0.39, 0.29) is 47.5 Å². The van der Waals surface area contributed by atoms with Crippen LogP contribution in [0.4, 0.5) is 0 Å². The molecule has 2 heterocycles. The number of rotatable bonds is 7. The van der Waals surface area contributed by atoms with Gasteiger partial charge in [-0.25, -0.2) is 0 Å². The second-order valence-electron chi connectivity index (χ2n) is 11.3. The highest BCUT2D eigenvalue weighted by molar-refractivity contribution is 6.43. The fraction of sp³-hybridized carbons (Fsp3) is 0.600. The van der Waals surface area contributed by atoms with Gasteiger partial charge in [0.15, 0.2) is 0 Å². The van der Waals surface area contributed by atoms with Crippen LogP contribution < -0.4 is 0 Å². The average Bonchev–Trinajstić information content (AvgIpc) is 3.15. The molecular weight excluding hydrogens is 465 g/mol. The topological polar surface area (TPSA) is 87.1 Å². The molecular formula is C30H40BNO5. The number of imide groups is 1. The minimum absolute atomic E-state index is 0.00886. The molecule has 2 aliphatic heterocycles. The lowest BCUT2D eigenvalue weighted by Gasteiger charge is -2.43. The number of phenols is 1. The highest BCUT2D eigenvalue weighted by Crippen LogP contribution is 2.52. The van der Waals surface area contributed by atoms with Crippen molar-refractivity contribution in [3.63, 3.8) is 0 Å². The van der Waals surface area contributed by atoms with Crippen LogP contribution in [-0.2, 0) is 14.2 Å². The first-order valence-corrected chi connectivity index (χ1v) is 14.3. The first-order chi connectivity index (χ1) is 17.9. The highest BCUT2D eigenvalue weighted by atomic mass is 16.5. The minimum atomic E-state index is -0.928. The van der Waals surface area contributed by atoms with Gasteiger partial charge in [-0.05, 0) is 80.5 Å². The maximum Gasteiger partial charge on any atom is 0.455 e. The van der Waals surface area contributed by atoms with Gasteiger partial charge < -0.3 is 14.8 Å². The Balaban J connectivity index is 1.39. The van der Waals surface area contributed by atoms with Gasteiger partial charge in [-0.15, -0.1) is 0 Å². The van der Waals surface area contributed by atoms with E-state index < -0.39 is 7.12 Å². The number of phenolic OH excluding ortho intramolecular Hbond substituents is 1. The summed E-state index contributed by atoms with van der Waals surface area (Å²) in [4.78, 5) is 29.0. The quantitative estimate of drug-likeness (QED) is 0.290. The van der Waals surface area contributed by atoms with Crippen LogP contribution in [-0.4, -0.2) is 46.1 Å². The van der Waals surface area contributed by atoms with Crippen molar-refractivity contribution in [1.29, 1.82) is 0 Å². The van der Waals surface area contributed by atoms with Crippen molar-refractivity contribution >= 4 is 25.0 Å². The summed E-state index contributed by atoms with van der Waals surface area (Å²) in [6.45, 7) is 4.25. The van der Waals surface area contributed by atoms with Gasteiger partial charge in [-0.1, -0.05) is 62.5 Å². The molecule has 0 bridgehead atoms. The number of fused-ring (bicyclic) bond motifs is 3. The Bertz CT molecular complexity index is 1090. The van der Waals surface area contributed by atoms with E-state index in [0.717, 1.165) is 56.9 Å². The summed E-state index contributed by atoms with van der Waals surface area (Å²) in [5, 5.41) is 20.6. The fourth-order valence-electron chi connectivity index (χ4n) is 7.34. The second-order valence-corrected chi connectivity index (χ2v) is 11.3. The molecule has 2 N–H and O–H groups in total. The molecule has 2 aliphatic carbocycles. The molecule has 198 valence electrons. The minimum Gasteiger partial charge on any atom is -0.508 e. The van der Waals surface area contributed by atoms with Crippen LogP contribution in [0.3, 0.4) is 0 Å². The number of carbonyl (C=O) groups is 2. The van der Waals surface area contributed by atoms with Crippen LogP contribution in [0.2, 0.25) is 6.32 Å². The lowest BCUT2D eigenvalue weighted by molar-refractivity contribution is -0.143. The third-order valence-corrected chi connectivity index (χ3v) is 9.13. The molecule has 1 aromatic carbocycles. The molecule has 4 aliphatic rings.